The van der Waals surface area contributed by atoms with E-state index < -0.39 is 5.82 Å². The molecule has 84 valence electrons. The highest BCUT2D eigenvalue weighted by atomic mass is 19.1. The van der Waals surface area contributed by atoms with Crippen LogP contribution in [0.25, 0.3) is 0 Å². The first-order valence-corrected chi connectivity index (χ1v) is 5.33. The Kier molecular flexibility index (Phi) is 3.04. The van der Waals surface area contributed by atoms with E-state index in [0.29, 0.717) is 12.2 Å². The third-order valence-corrected chi connectivity index (χ3v) is 2.60. The van der Waals surface area contributed by atoms with Crippen molar-refractivity contribution in [1.82, 2.24) is 0 Å². The predicted molar refractivity (Wildman–Crippen MR) is 58.7 cm³/mol. The molecule has 0 fully saturated rings. The van der Waals surface area contributed by atoms with Gasteiger partial charge < -0.3 is 4.74 Å². The molecule has 2 rings (SSSR count). The van der Waals surface area contributed by atoms with Crippen molar-refractivity contribution in [2.75, 3.05) is 6.61 Å². The molecular weight excluding hydrogens is 207 g/mol. The number of hydrogen-bond acceptors (Lipinski definition) is 2. The van der Waals surface area contributed by atoms with Gasteiger partial charge in [0.25, 0.3) is 0 Å². The van der Waals surface area contributed by atoms with Crippen molar-refractivity contribution in [3.05, 3.63) is 47.0 Å². The van der Waals surface area contributed by atoms with Gasteiger partial charge in [-0.1, -0.05) is 12.1 Å². The second kappa shape index (κ2) is 4.47. The van der Waals surface area contributed by atoms with Gasteiger partial charge in [-0.05, 0) is 37.5 Å². The van der Waals surface area contributed by atoms with Crippen molar-refractivity contribution in [2.24, 2.45) is 0 Å². The summed E-state index contributed by atoms with van der Waals surface area (Å²) in [5, 5.41) is 0. The molecule has 1 aliphatic rings. The molecule has 1 heterocycles. The number of allylic oxidation sites excluding steroid dienone is 2. The maximum atomic E-state index is 13.7. The summed E-state index contributed by atoms with van der Waals surface area (Å²) >= 11 is 0. The third kappa shape index (κ3) is 1.98. The van der Waals surface area contributed by atoms with E-state index in [9.17, 15) is 9.18 Å². The van der Waals surface area contributed by atoms with Crippen LogP contribution in [-0.4, -0.2) is 12.4 Å². The second-order valence-electron chi connectivity index (χ2n) is 3.82. The quantitative estimate of drug-likeness (QED) is 0.716. The van der Waals surface area contributed by atoms with Gasteiger partial charge in [-0.2, -0.15) is 0 Å². The summed E-state index contributed by atoms with van der Waals surface area (Å²) in [5.74, 6) is -0.542. The fraction of sp³-hybridized carbons (Fsp3) is 0.308. The van der Waals surface area contributed by atoms with E-state index in [1.54, 1.807) is 25.1 Å². The largest absolute Gasteiger partial charge is 0.490 e. The highest BCUT2D eigenvalue weighted by molar-refractivity contribution is 6.07. The standard InChI is InChI=1S/C13H13FO2/c1-9-5-4-6-10(12(9)14)13(15)11-7-2-3-8-16-11/h4-7H,2-3,8H2,1H3. The van der Waals surface area contributed by atoms with Crippen LogP contribution in [0.4, 0.5) is 4.39 Å². The Morgan fingerprint density at radius 2 is 2.25 bits per heavy atom. The van der Waals surface area contributed by atoms with Gasteiger partial charge in [0.2, 0.25) is 5.78 Å². The Balaban J connectivity index is 2.33. The molecule has 0 amide bonds. The number of rotatable bonds is 2. The zero-order valence-electron chi connectivity index (χ0n) is 9.13. The molecule has 0 saturated heterocycles. The van der Waals surface area contributed by atoms with Gasteiger partial charge in [0.1, 0.15) is 5.82 Å². The number of carbonyl (C=O) groups excluding carboxylic acids is 1. The summed E-state index contributed by atoms with van der Waals surface area (Å²) < 4.78 is 18.9. The molecule has 1 aromatic rings. The van der Waals surface area contributed by atoms with E-state index >= 15 is 0 Å². The molecule has 0 bridgehead atoms. The van der Waals surface area contributed by atoms with Gasteiger partial charge in [-0.25, -0.2) is 4.39 Å². The minimum Gasteiger partial charge on any atom is -0.490 e. The monoisotopic (exact) mass is 220 g/mol. The summed E-state index contributed by atoms with van der Waals surface area (Å²) in [6.07, 6.45) is 3.45. The summed E-state index contributed by atoms with van der Waals surface area (Å²) in [5.41, 5.74) is 0.565. The van der Waals surface area contributed by atoms with Gasteiger partial charge >= 0.3 is 0 Å². The summed E-state index contributed by atoms with van der Waals surface area (Å²) in [7, 11) is 0. The highest BCUT2D eigenvalue weighted by Crippen LogP contribution is 2.19. The van der Waals surface area contributed by atoms with Crippen LogP contribution in [-0.2, 0) is 4.74 Å². The molecule has 1 aliphatic heterocycles. The molecule has 0 aromatic heterocycles. The number of Topliss-reactive ketones (excluding diaryl/α,β-unsaturated/α-hetero) is 1. The van der Waals surface area contributed by atoms with Crippen LogP contribution in [0.3, 0.4) is 0 Å². The minimum atomic E-state index is -0.456. The average Bonchev–Trinajstić information content (AvgIpc) is 2.33. The molecule has 0 unspecified atom stereocenters. The first kappa shape index (κ1) is 10.9. The first-order chi connectivity index (χ1) is 7.70. The number of ether oxygens (including phenoxy) is 1. The topological polar surface area (TPSA) is 26.3 Å². The van der Waals surface area contributed by atoms with Crippen LogP contribution < -0.4 is 0 Å². The molecular formula is C13H13FO2. The third-order valence-electron chi connectivity index (χ3n) is 2.60. The van der Waals surface area contributed by atoms with Gasteiger partial charge in [-0.15, -0.1) is 0 Å². The van der Waals surface area contributed by atoms with Crippen LogP contribution in [0.2, 0.25) is 0 Å². The van der Waals surface area contributed by atoms with Gasteiger partial charge in [0.15, 0.2) is 5.76 Å². The van der Waals surface area contributed by atoms with Gasteiger partial charge in [-0.3, -0.25) is 4.79 Å². The lowest BCUT2D eigenvalue weighted by Gasteiger charge is -2.14. The number of halogens is 1. The Morgan fingerprint density at radius 1 is 1.44 bits per heavy atom. The second-order valence-corrected chi connectivity index (χ2v) is 3.82. The van der Waals surface area contributed by atoms with Crippen LogP contribution in [0.15, 0.2) is 30.0 Å². The van der Waals surface area contributed by atoms with Gasteiger partial charge in [0.05, 0.1) is 12.2 Å². The van der Waals surface area contributed by atoms with E-state index in [1.165, 1.54) is 6.07 Å². The predicted octanol–water partition coefficient (Wildman–Crippen LogP) is 3.01. The zero-order chi connectivity index (χ0) is 11.5. The van der Waals surface area contributed by atoms with Crippen LogP contribution >= 0.6 is 0 Å². The van der Waals surface area contributed by atoms with Crippen molar-refractivity contribution < 1.29 is 13.9 Å². The Bertz CT molecular complexity index is 449. The molecule has 0 aliphatic carbocycles. The van der Waals surface area contributed by atoms with Crippen molar-refractivity contribution in [1.29, 1.82) is 0 Å². The summed E-state index contributed by atoms with van der Waals surface area (Å²) in [4.78, 5) is 11.9. The number of hydrogen-bond donors (Lipinski definition) is 0. The molecule has 0 saturated carbocycles. The number of benzene rings is 1. The van der Waals surface area contributed by atoms with E-state index in [-0.39, 0.29) is 17.1 Å². The lowest BCUT2D eigenvalue weighted by molar-refractivity contribution is 0.0895. The van der Waals surface area contributed by atoms with E-state index in [2.05, 4.69) is 0 Å². The molecule has 2 nitrogen and oxygen atoms in total. The van der Waals surface area contributed by atoms with Crippen molar-refractivity contribution in [2.45, 2.75) is 19.8 Å². The average molecular weight is 220 g/mol. The lowest BCUT2D eigenvalue weighted by atomic mass is 10.0. The maximum absolute atomic E-state index is 13.7. The normalized spacial score (nSPS) is 15.2. The Labute approximate surface area is 93.7 Å². The lowest BCUT2D eigenvalue weighted by Crippen LogP contribution is -2.13. The number of ketones is 1. The maximum Gasteiger partial charge on any atom is 0.230 e. The van der Waals surface area contributed by atoms with E-state index in [1.807, 2.05) is 0 Å². The Hall–Kier alpha value is -1.64. The molecule has 3 heteroatoms. The van der Waals surface area contributed by atoms with Crippen molar-refractivity contribution in [3.63, 3.8) is 0 Å². The molecule has 0 N–H and O–H groups in total. The molecule has 16 heavy (non-hydrogen) atoms. The van der Waals surface area contributed by atoms with Gasteiger partial charge in [0, 0.05) is 0 Å². The molecule has 1 aromatic carbocycles. The Morgan fingerprint density at radius 3 is 2.94 bits per heavy atom. The van der Waals surface area contributed by atoms with E-state index in [4.69, 9.17) is 4.74 Å². The summed E-state index contributed by atoms with van der Waals surface area (Å²) in [6, 6.07) is 4.81. The van der Waals surface area contributed by atoms with Crippen molar-refractivity contribution in [3.8, 4) is 0 Å². The van der Waals surface area contributed by atoms with Crippen LogP contribution in [0.1, 0.15) is 28.8 Å². The number of carbonyl (C=O) groups is 1. The molecule has 0 spiro atoms. The summed E-state index contributed by atoms with van der Waals surface area (Å²) in [6.45, 7) is 2.17. The first-order valence-electron chi connectivity index (χ1n) is 5.33. The minimum absolute atomic E-state index is 0.0909. The molecule has 0 atom stereocenters. The molecule has 0 radical (unpaired) electrons. The fourth-order valence-corrected chi connectivity index (χ4v) is 1.67. The van der Waals surface area contributed by atoms with Crippen LogP contribution in [0, 0.1) is 12.7 Å². The zero-order valence-corrected chi connectivity index (χ0v) is 9.13. The smallest absolute Gasteiger partial charge is 0.230 e. The van der Waals surface area contributed by atoms with Crippen LogP contribution in [0.5, 0.6) is 0 Å². The number of aryl methyl sites for hydroxylation is 1. The highest BCUT2D eigenvalue weighted by Gasteiger charge is 2.19. The van der Waals surface area contributed by atoms with Crippen molar-refractivity contribution >= 4 is 5.78 Å². The van der Waals surface area contributed by atoms with E-state index in [0.717, 1.165) is 12.8 Å². The SMILES string of the molecule is Cc1cccc(C(=O)C2=CCCCO2)c1F. The fourth-order valence-electron chi connectivity index (χ4n) is 1.67.